The quantitative estimate of drug-likeness (QED) is 0.263. The molecule has 0 saturated carbocycles. The van der Waals surface area contributed by atoms with E-state index in [1.54, 1.807) is 37.3 Å². The number of hydrogen-bond donors (Lipinski definition) is 4. The van der Waals surface area contributed by atoms with Crippen LogP contribution in [0, 0.1) is 0 Å². The Morgan fingerprint density at radius 1 is 0.875 bits per heavy atom. The van der Waals surface area contributed by atoms with Crippen LogP contribution in [0.5, 0.6) is 0 Å². The van der Waals surface area contributed by atoms with Crippen molar-refractivity contribution in [3.8, 4) is 0 Å². The highest BCUT2D eigenvalue weighted by Crippen LogP contribution is 2.22. The van der Waals surface area contributed by atoms with Gasteiger partial charge in [-0.15, -0.1) is 0 Å². The Labute approximate surface area is 233 Å². The molecule has 0 unspecified atom stereocenters. The van der Waals surface area contributed by atoms with Crippen LogP contribution in [0.15, 0.2) is 78.9 Å². The molecule has 11 heteroatoms. The van der Waals surface area contributed by atoms with E-state index >= 15 is 0 Å². The summed E-state index contributed by atoms with van der Waals surface area (Å²) in [5.41, 5.74) is 1.71. The number of aliphatic hydroxyl groups is 1. The van der Waals surface area contributed by atoms with Crippen LogP contribution in [0.25, 0.3) is 0 Å². The van der Waals surface area contributed by atoms with Crippen molar-refractivity contribution in [1.29, 1.82) is 0 Å². The lowest BCUT2D eigenvalue weighted by Crippen LogP contribution is -2.45. The van der Waals surface area contributed by atoms with Crippen molar-refractivity contribution in [2.75, 3.05) is 17.6 Å². The molecule has 2 amide bonds. The Hall–Kier alpha value is -4.22. The molecule has 212 valence electrons. The van der Waals surface area contributed by atoms with Gasteiger partial charge in [-0.1, -0.05) is 60.7 Å². The fourth-order valence-electron chi connectivity index (χ4n) is 4.08. The summed E-state index contributed by atoms with van der Waals surface area (Å²) < 4.78 is 25.5. The standard InChI is InChI=1S/C29H33N3O7S/c1-19(21-12-8-5-9-13-21)30-28(36)22-15-23(17-24(16-22)32(2)40(3,38)39)29(37)31-25(26(33)18-27(34)35)14-20-10-6-4-7-11-20/h4-13,15-17,19,25-26,33H,14,18H2,1-3H3,(H,30,36)(H,31,37)(H,34,35)/t19-,25+,26+/m1/s1. The van der Waals surface area contributed by atoms with Crippen LogP contribution in [0.3, 0.4) is 0 Å². The van der Waals surface area contributed by atoms with E-state index in [0.717, 1.165) is 21.7 Å². The van der Waals surface area contributed by atoms with Gasteiger partial charge in [-0.25, -0.2) is 8.42 Å². The topological polar surface area (TPSA) is 153 Å². The molecule has 3 rings (SSSR count). The van der Waals surface area contributed by atoms with Gasteiger partial charge in [0.25, 0.3) is 11.8 Å². The minimum absolute atomic E-state index is 0.0360. The van der Waals surface area contributed by atoms with Crippen molar-refractivity contribution in [2.24, 2.45) is 0 Å². The van der Waals surface area contributed by atoms with E-state index in [-0.39, 0.29) is 29.3 Å². The van der Waals surface area contributed by atoms with E-state index in [0.29, 0.717) is 0 Å². The van der Waals surface area contributed by atoms with Crippen molar-refractivity contribution >= 4 is 33.5 Å². The van der Waals surface area contributed by atoms with Gasteiger partial charge in [0.15, 0.2) is 0 Å². The Morgan fingerprint density at radius 3 is 1.93 bits per heavy atom. The third kappa shape index (κ3) is 8.39. The van der Waals surface area contributed by atoms with E-state index in [2.05, 4.69) is 10.6 Å². The molecule has 10 nitrogen and oxygen atoms in total. The Kier molecular flexibility index (Phi) is 10.0. The SMILES string of the molecule is C[C@@H](NC(=O)c1cc(C(=O)N[C@@H](Cc2ccccc2)[C@@H](O)CC(=O)O)cc(N(C)S(C)(=O)=O)c1)c1ccccc1. The van der Waals surface area contributed by atoms with Gasteiger partial charge in [-0.05, 0) is 42.7 Å². The van der Waals surface area contributed by atoms with Crippen molar-refractivity contribution in [3.63, 3.8) is 0 Å². The Bertz CT molecular complexity index is 1450. The molecule has 0 radical (unpaired) electrons. The smallest absolute Gasteiger partial charge is 0.306 e. The van der Waals surface area contributed by atoms with Gasteiger partial charge < -0.3 is 20.8 Å². The molecule has 0 heterocycles. The van der Waals surface area contributed by atoms with E-state index < -0.39 is 46.4 Å². The van der Waals surface area contributed by atoms with Gasteiger partial charge in [0.1, 0.15) is 0 Å². The Morgan fingerprint density at radius 2 is 1.40 bits per heavy atom. The van der Waals surface area contributed by atoms with Gasteiger partial charge in [-0.3, -0.25) is 18.7 Å². The van der Waals surface area contributed by atoms with Crippen molar-refractivity contribution in [2.45, 2.75) is 38.0 Å². The normalized spacial score (nSPS) is 13.5. The predicted octanol–water partition coefficient (Wildman–Crippen LogP) is 2.75. The summed E-state index contributed by atoms with van der Waals surface area (Å²) in [5.74, 6) is -2.47. The summed E-state index contributed by atoms with van der Waals surface area (Å²) >= 11 is 0. The summed E-state index contributed by atoms with van der Waals surface area (Å²) in [5, 5.41) is 25.3. The summed E-state index contributed by atoms with van der Waals surface area (Å²) in [6.45, 7) is 1.80. The second-order valence-corrected chi connectivity index (χ2v) is 11.6. The number of nitrogens with one attached hydrogen (secondary N) is 2. The monoisotopic (exact) mass is 567 g/mol. The highest BCUT2D eigenvalue weighted by molar-refractivity contribution is 7.92. The number of benzene rings is 3. The highest BCUT2D eigenvalue weighted by Gasteiger charge is 2.26. The molecule has 0 bridgehead atoms. The molecular weight excluding hydrogens is 534 g/mol. The largest absolute Gasteiger partial charge is 0.481 e. The van der Waals surface area contributed by atoms with Crippen molar-refractivity contribution in [1.82, 2.24) is 10.6 Å². The van der Waals surface area contributed by atoms with Crippen molar-refractivity contribution < 1.29 is 33.0 Å². The summed E-state index contributed by atoms with van der Waals surface area (Å²) in [6, 6.07) is 20.8. The average Bonchev–Trinajstić information content (AvgIpc) is 2.92. The number of carbonyl (C=O) groups excluding carboxylic acids is 2. The van der Waals surface area contributed by atoms with Crippen LogP contribution in [-0.2, 0) is 21.2 Å². The third-order valence-electron chi connectivity index (χ3n) is 6.41. The van der Waals surface area contributed by atoms with Crippen LogP contribution in [0.1, 0.15) is 51.2 Å². The van der Waals surface area contributed by atoms with Gasteiger partial charge in [0.05, 0.1) is 36.6 Å². The average molecular weight is 568 g/mol. The van der Waals surface area contributed by atoms with Crippen LogP contribution < -0.4 is 14.9 Å². The maximum Gasteiger partial charge on any atom is 0.306 e. The third-order valence-corrected chi connectivity index (χ3v) is 7.62. The first kappa shape index (κ1) is 30.3. The van der Waals surface area contributed by atoms with Crippen LogP contribution in [-0.4, -0.2) is 61.9 Å². The number of rotatable bonds is 12. The number of anilines is 1. The first-order valence-electron chi connectivity index (χ1n) is 12.5. The molecule has 0 spiro atoms. The fraction of sp³-hybridized carbons (Fsp3) is 0.276. The molecule has 3 aromatic rings. The molecule has 0 saturated heterocycles. The number of carboxylic acid groups (broad SMARTS) is 1. The summed E-state index contributed by atoms with van der Waals surface area (Å²) in [6.07, 6.45) is -0.862. The number of aliphatic carboxylic acids is 1. The minimum atomic E-state index is -3.73. The number of amides is 2. The lowest BCUT2D eigenvalue weighted by molar-refractivity contribution is -0.139. The summed E-state index contributed by atoms with van der Waals surface area (Å²) in [7, 11) is -2.43. The molecule has 3 atom stereocenters. The Balaban J connectivity index is 1.95. The molecule has 0 aliphatic carbocycles. The first-order valence-corrected chi connectivity index (χ1v) is 14.4. The molecule has 0 aromatic heterocycles. The van der Waals surface area contributed by atoms with Gasteiger partial charge in [0.2, 0.25) is 10.0 Å². The second kappa shape index (κ2) is 13.2. The number of carboxylic acids is 1. The van der Waals surface area contributed by atoms with Gasteiger partial charge in [0, 0.05) is 18.2 Å². The number of carbonyl (C=O) groups is 3. The zero-order valence-corrected chi connectivity index (χ0v) is 23.3. The summed E-state index contributed by atoms with van der Waals surface area (Å²) in [4.78, 5) is 37.9. The van der Waals surface area contributed by atoms with Gasteiger partial charge >= 0.3 is 5.97 Å². The molecule has 40 heavy (non-hydrogen) atoms. The van der Waals surface area contributed by atoms with Crippen LogP contribution in [0.4, 0.5) is 5.69 Å². The number of nitrogens with zero attached hydrogens (tertiary/aromatic N) is 1. The zero-order valence-electron chi connectivity index (χ0n) is 22.4. The lowest BCUT2D eigenvalue weighted by atomic mass is 9.98. The highest BCUT2D eigenvalue weighted by atomic mass is 32.2. The predicted molar refractivity (Wildman–Crippen MR) is 152 cm³/mol. The maximum absolute atomic E-state index is 13.4. The molecule has 4 N–H and O–H groups in total. The number of hydrogen-bond acceptors (Lipinski definition) is 6. The second-order valence-electron chi connectivity index (χ2n) is 9.54. The first-order chi connectivity index (χ1) is 18.8. The zero-order chi connectivity index (χ0) is 29.4. The minimum Gasteiger partial charge on any atom is -0.481 e. The van der Waals surface area contributed by atoms with Crippen LogP contribution in [0.2, 0.25) is 0 Å². The van der Waals surface area contributed by atoms with E-state index in [4.69, 9.17) is 0 Å². The number of sulfonamides is 1. The van der Waals surface area contributed by atoms with E-state index in [1.165, 1.54) is 25.2 Å². The van der Waals surface area contributed by atoms with E-state index in [1.807, 2.05) is 30.3 Å². The molecule has 0 aliphatic rings. The molecule has 0 fully saturated rings. The van der Waals surface area contributed by atoms with Crippen molar-refractivity contribution in [3.05, 3.63) is 101 Å². The van der Waals surface area contributed by atoms with E-state index in [9.17, 15) is 33.0 Å². The molecule has 0 aliphatic heterocycles. The number of aliphatic hydroxyl groups excluding tert-OH is 1. The van der Waals surface area contributed by atoms with Gasteiger partial charge in [-0.2, -0.15) is 0 Å². The fourth-order valence-corrected chi connectivity index (χ4v) is 4.56. The van der Waals surface area contributed by atoms with Crippen LogP contribution >= 0.6 is 0 Å². The maximum atomic E-state index is 13.4. The molecular formula is C29H33N3O7S. The lowest BCUT2D eigenvalue weighted by Gasteiger charge is -2.24. The molecule has 3 aromatic carbocycles.